The van der Waals surface area contributed by atoms with E-state index in [-0.39, 0.29) is 11.8 Å². The summed E-state index contributed by atoms with van der Waals surface area (Å²) in [7, 11) is 1.10. The third kappa shape index (κ3) is 3.54. The predicted molar refractivity (Wildman–Crippen MR) is 109 cm³/mol. The van der Waals surface area contributed by atoms with Crippen LogP contribution in [0.25, 0.3) is 6.08 Å². The summed E-state index contributed by atoms with van der Waals surface area (Å²) >= 11 is 0. The van der Waals surface area contributed by atoms with Crippen LogP contribution in [0.5, 0.6) is 17.2 Å². The monoisotopic (exact) mass is 403 g/mol. The van der Waals surface area contributed by atoms with E-state index in [1.165, 1.54) is 4.31 Å². The number of hydrogen-bond donors (Lipinski definition) is 0. The van der Waals surface area contributed by atoms with E-state index in [2.05, 4.69) is 0 Å². The van der Waals surface area contributed by atoms with Crippen LogP contribution in [0.4, 0.5) is 0 Å². The van der Waals surface area contributed by atoms with E-state index in [1.807, 2.05) is 43.3 Å². The number of ether oxygens (including phenoxy) is 3. The molecule has 0 fully saturated rings. The zero-order valence-corrected chi connectivity index (χ0v) is 17.3. The highest BCUT2D eigenvalue weighted by Crippen LogP contribution is 2.48. The van der Waals surface area contributed by atoms with Crippen LogP contribution in [-0.4, -0.2) is 34.1 Å². The van der Waals surface area contributed by atoms with Crippen molar-refractivity contribution in [2.45, 2.75) is 25.1 Å². The molecule has 2 aromatic rings. The first-order valence-electron chi connectivity index (χ1n) is 9.03. The van der Waals surface area contributed by atoms with Crippen molar-refractivity contribution in [3.8, 4) is 17.2 Å². The Morgan fingerprint density at radius 1 is 1.00 bits per heavy atom. The fraction of sp³-hybridized carbons (Fsp3) is 0.333. The quantitative estimate of drug-likeness (QED) is 0.700. The zero-order valence-electron chi connectivity index (χ0n) is 16.5. The van der Waals surface area contributed by atoms with Crippen molar-refractivity contribution in [3.63, 3.8) is 0 Å². The van der Waals surface area contributed by atoms with Gasteiger partial charge in [0.2, 0.25) is 15.8 Å². The first-order valence-corrected chi connectivity index (χ1v) is 10.6. The van der Waals surface area contributed by atoms with Crippen molar-refractivity contribution in [3.05, 3.63) is 59.3 Å². The van der Waals surface area contributed by atoms with Crippen molar-refractivity contribution in [1.82, 2.24) is 4.31 Å². The van der Waals surface area contributed by atoms with Gasteiger partial charge >= 0.3 is 0 Å². The summed E-state index contributed by atoms with van der Waals surface area (Å²) < 4.78 is 44.2. The minimum Gasteiger partial charge on any atom is -0.493 e. The maximum absolute atomic E-state index is 13.2. The summed E-state index contributed by atoms with van der Waals surface area (Å²) in [5, 5.41) is 0. The van der Waals surface area contributed by atoms with E-state index < -0.39 is 10.0 Å². The maximum atomic E-state index is 13.2. The Kier molecular flexibility index (Phi) is 5.84. The first kappa shape index (κ1) is 20.1. The number of fused-ring (bicyclic) bond motifs is 1. The van der Waals surface area contributed by atoms with E-state index in [0.29, 0.717) is 23.7 Å². The van der Waals surface area contributed by atoms with Gasteiger partial charge < -0.3 is 14.2 Å². The second-order valence-corrected chi connectivity index (χ2v) is 8.33. The fourth-order valence-electron chi connectivity index (χ4n) is 3.58. The number of rotatable bonds is 7. The molecule has 0 N–H and O–H groups in total. The highest BCUT2D eigenvalue weighted by molar-refractivity contribution is 7.88. The standard InChI is InChI=1S/C21H25NO5S/c1-5-18-17-13-19(25-2)21(27-4)20(26-3)16(17)11-12-22(18)28(23,24)14-15-9-7-6-8-10-15/h6-13,18H,5,14H2,1-4H3. The average molecular weight is 404 g/mol. The Hall–Kier alpha value is -2.67. The van der Waals surface area contributed by atoms with E-state index in [4.69, 9.17) is 14.2 Å². The Morgan fingerprint density at radius 3 is 2.25 bits per heavy atom. The van der Waals surface area contributed by atoms with Gasteiger partial charge in [-0.2, -0.15) is 0 Å². The zero-order chi connectivity index (χ0) is 20.3. The summed E-state index contributed by atoms with van der Waals surface area (Å²) in [5.41, 5.74) is 2.38. The molecule has 1 atom stereocenters. The van der Waals surface area contributed by atoms with E-state index in [9.17, 15) is 8.42 Å². The van der Waals surface area contributed by atoms with Gasteiger partial charge in [-0.05, 0) is 29.7 Å². The van der Waals surface area contributed by atoms with Crippen LogP contribution in [0.15, 0.2) is 42.6 Å². The van der Waals surface area contributed by atoms with E-state index in [0.717, 1.165) is 16.7 Å². The van der Waals surface area contributed by atoms with E-state index in [1.54, 1.807) is 33.6 Å². The van der Waals surface area contributed by atoms with Gasteiger partial charge in [0.25, 0.3) is 0 Å². The highest BCUT2D eigenvalue weighted by Gasteiger charge is 2.34. The van der Waals surface area contributed by atoms with Crippen molar-refractivity contribution >= 4 is 16.1 Å². The Labute approximate surface area is 166 Å². The molecule has 3 rings (SSSR count). The summed E-state index contributed by atoms with van der Waals surface area (Å²) in [5.74, 6) is 1.47. The van der Waals surface area contributed by atoms with Crippen LogP contribution in [0, 0.1) is 0 Å². The lowest BCUT2D eigenvalue weighted by Crippen LogP contribution is -2.33. The van der Waals surface area contributed by atoms with Gasteiger partial charge in [-0.3, -0.25) is 4.31 Å². The van der Waals surface area contributed by atoms with Gasteiger partial charge in [0.1, 0.15) is 0 Å². The molecule has 1 aliphatic heterocycles. The van der Waals surface area contributed by atoms with Crippen molar-refractivity contribution in [2.24, 2.45) is 0 Å². The molecule has 0 bridgehead atoms. The molecule has 28 heavy (non-hydrogen) atoms. The molecule has 150 valence electrons. The number of hydrogen-bond acceptors (Lipinski definition) is 5. The van der Waals surface area contributed by atoms with Crippen LogP contribution in [0.3, 0.4) is 0 Å². The molecule has 6 nitrogen and oxygen atoms in total. The molecule has 0 amide bonds. The van der Waals surface area contributed by atoms with Gasteiger partial charge in [0.15, 0.2) is 11.5 Å². The molecule has 0 radical (unpaired) electrons. The molecule has 1 unspecified atom stereocenters. The minimum absolute atomic E-state index is 0.0611. The second-order valence-electron chi connectivity index (χ2n) is 6.46. The van der Waals surface area contributed by atoms with Crippen molar-refractivity contribution < 1.29 is 22.6 Å². The van der Waals surface area contributed by atoms with Gasteiger partial charge in [-0.15, -0.1) is 0 Å². The smallest absolute Gasteiger partial charge is 0.239 e. The van der Waals surface area contributed by atoms with Crippen LogP contribution >= 0.6 is 0 Å². The number of benzene rings is 2. The fourth-order valence-corrected chi connectivity index (χ4v) is 5.24. The van der Waals surface area contributed by atoms with Gasteiger partial charge in [-0.25, -0.2) is 8.42 Å². The molecule has 0 aliphatic carbocycles. The molecule has 2 aromatic carbocycles. The minimum atomic E-state index is -3.56. The summed E-state index contributed by atoms with van der Waals surface area (Å²) in [6.45, 7) is 1.96. The summed E-state index contributed by atoms with van der Waals surface area (Å²) in [4.78, 5) is 0. The number of methoxy groups -OCH3 is 3. The van der Waals surface area contributed by atoms with Gasteiger partial charge in [0.05, 0.1) is 33.1 Å². The van der Waals surface area contributed by atoms with Crippen LogP contribution in [0.2, 0.25) is 0 Å². The second kappa shape index (κ2) is 8.14. The molecule has 1 aliphatic rings. The first-order chi connectivity index (χ1) is 13.5. The SMILES string of the molecule is CCC1c2cc(OC)c(OC)c(OC)c2C=CN1S(=O)(=O)Cc1ccccc1. The molecular formula is C21H25NO5S. The Bertz CT molecular complexity index is 970. The van der Waals surface area contributed by atoms with Crippen molar-refractivity contribution in [2.75, 3.05) is 21.3 Å². The lowest BCUT2D eigenvalue weighted by molar-refractivity contribution is 0.319. The molecule has 1 heterocycles. The average Bonchev–Trinajstić information content (AvgIpc) is 2.71. The van der Waals surface area contributed by atoms with Crippen LogP contribution in [-0.2, 0) is 15.8 Å². The third-order valence-corrected chi connectivity index (χ3v) is 6.57. The molecular weight excluding hydrogens is 378 g/mol. The molecule has 7 heteroatoms. The lowest BCUT2D eigenvalue weighted by Gasteiger charge is -2.34. The maximum Gasteiger partial charge on any atom is 0.239 e. The third-order valence-electron chi connectivity index (χ3n) is 4.85. The van der Waals surface area contributed by atoms with Gasteiger partial charge in [0, 0.05) is 11.8 Å². The van der Waals surface area contributed by atoms with Gasteiger partial charge in [-0.1, -0.05) is 37.3 Å². The summed E-state index contributed by atoms with van der Waals surface area (Å²) in [6, 6.07) is 10.7. The molecule has 0 saturated carbocycles. The van der Waals surface area contributed by atoms with Crippen LogP contribution in [0.1, 0.15) is 36.1 Å². The van der Waals surface area contributed by atoms with Crippen LogP contribution < -0.4 is 14.2 Å². The Morgan fingerprint density at radius 2 is 1.68 bits per heavy atom. The number of sulfonamides is 1. The Balaban J connectivity index is 2.08. The largest absolute Gasteiger partial charge is 0.493 e. The molecule has 0 aromatic heterocycles. The predicted octanol–water partition coefficient (Wildman–Crippen LogP) is 3.98. The molecule has 0 spiro atoms. The lowest BCUT2D eigenvalue weighted by atomic mass is 9.94. The normalized spacial score (nSPS) is 15.9. The van der Waals surface area contributed by atoms with Crippen molar-refractivity contribution in [1.29, 1.82) is 0 Å². The molecule has 0 saturated heterocycles. The summed E-state index contributed by atoms with van der Waals surface area (Å²) in [6.07, 6.45) is 3.97. The topological polar surface area (TPSA) is 65.1 Å². The van der Waals surface area contributed by atoms with E-state index >= 15 is 0 Å². The number of nitrogens with zero attached hydrogens (tertiary/aromatic N) is 1. The highest BCUT2D eigenvalue weighted by atomic mass is 32.2.